The molecule has 1 rings (SSSR count). The van der Waals surface area contributed by atoms with Gasteiger partial charge in [-0.3, -0.25) is 0 Å². The molecule has 1 aromatic rings. The Balaban J connectivity index is 2.72. The second-order valence-electron chi connectivity index (χ2n) is 3.50. The van der Waals surface area contributed by atoms with Crippen molar-refractivity contribution >= 4 is 5.97 Å². The van der Waals surface area contributed by atoms with Crippen molar-refractivity contribution in [1.29, 1.82) is 0 Å². The molecule has 0 aliphatic heterocycles. The summed E-state index contributed by atoms with van der Waals surface area (Å²) in [6.45, 7) is 2.36. The second kappa shape index (κ2) is 4.77. The van der Waals surface area contributed by atoms with Gasteiger partial charge >= 0.3 is 0 Å². The predicted molar refractivity (Wildman–Crippen MR) is 51.1 cm³/mol. The van der Waals surface area contributed by atoms with Gasteiger partial charge in [-0.2, -0.15) is 0 Å². The fourth-order valence-corrected chi connectivity index (χ4v) is 1.43. The molecule has 0 amide bonds. The Morgan fingerprint density at radius 2 is 2.29 bits per heavy atom. The Hall–Kier alpha value is -1.35. The first kappa shape index (κ1) is 10.7. The molecule has 0 saturated heterocycles. The van der Waals surface area contributed by atoms with Gasteiger partial charge in [0.2, 0.25) is 0 Å². The zero-order chi connectivity index (χ0) is 10.6. The monoisotopic (exact) mass is 193 g/mol. The van der Waals surface area contributed by atoms with Crippen LogP contribution in [0, 0.1) is 12.8 Å². The number of rotatable bonds is 4. The van der Waals surface area contributed by atoms with Crippen molar-refractivity contribution in [1.82, 2.24) is 0 Å². The number of quaternary nitrogens is 1. The fraction of sp³-hybridized carbons (Fsp3) is 0.364. The minimum atomic E-state index is -1.01. The lowest BCUT2D eigenvalue weighted by molar-refractivity contribution is -0.387. The maximum absolute atomic E-state index is 10.7. The molecule has 0 aromatic heterocycles. The van der Waals surface area contributed by atoms with Crippen LogP contribution in [0.15, 0.2) is 24.3 Å². The normalized spacial score (nSPS) is 12.4. The number of carbonyl (C=O) groups excluding carboxylic acids is 1. The summed E-state index contributed by atoms with van der Waals surface area (Å²) in [4.78, 5) is 10.7. The van der Waals surface area contributed by atoms with E-state index >= 15 is 0 Å². The first-order valence-corrected chi connectivity index (χ1v) is 4.69. The van der Waals surface area contributed by atoms with Gasteiger partial charge < -0.3 is 15.6 Å². The molecule has 0 radical (unpaired) electrons. The number of aliphatic carboxylic acids is 1. The van der Waals surface area contributed by atoms with Crippen LogP contribution in [0.1, 0.15) is 11.1 Å². The smallest absolute Gasteiger partial charge is 0.0824 e. The van der Waals surface area contributed by atoms with Gasteiger partial charge in [0.05, 0.1) is 18.4 Å². The van der Waals surface area contributed by atoms with Gasteiger partial charge in [-0.05, 0) is 18.9 Å². The average molecular weight is 193 g/mol. The molecule has 0 aliphatic carbocycles. The van der Waals surface area contributed by atoms with Crippen LogP contribution < -0.4 is 10.8 Å². The molecular formula is C11H15NO2. The van der Waals surface area contributed by atoms with E-state index in [1.807, 2.05) is 31.2 Å². The SMILES string of the molecule is Cc1cccc(C[C@H](C[NH3+])C(=O)[O-])c1. The summed E-state index contributed by atoms with van der Waals surface area (Å²) in [7, 11) is 0. The third kappa shape index (κ3) is 2.85. The van der Waals surface area contributed by atoms with Crippen molar-refractivity contribution in [3.05, 3.63) is 35.4 Å². The van der Waals surface area contributed by atoms with Gasteiger partial charge in [-0.1, -0.05) is 29.8 Å². The number of carboxylic acids is 1. The third-order valence-electron chi connectivity index (χ3n) is 2.25. The standard InChI is InChI=1S/C11H15NO2/c1-8-3-2-4-9(5-8)6-10(7-12)11(13)14/h2-5,10H,6-7,12H2,1H3,(H,13,14)/t10-/m1/s1. The first-order chi connectivity index (χ1) is 6.63. The molecule has 14 heavy (non-hydrogen) atoms. The van der Waals surface area contributed by atoms with E-state index < -0.39 is 11.9 Å². The van der Waals surface area contributed by atoms with Crippen molar-refractivity contribution in [2.24, 2.45) is 5.92 Å². The Kier molecular flexibility index (Phi) is 3.65. The lowest BCUT2D eigenvalue weighted by atomic mass is 9.98. The molecule has 1 atom stereocenters. The summed E-state index contributed by atoms with van der Waals surface area (Å²) < 4.78 is 0. The summed E-state index contributed by atoms with van der Waals surface area (Å²) in [5.41, 5.74) is 5.78. The molecule has 76 valence electrons. The molecule has 3 N–H and O–H groups in total. The number of carboxylic acid groups (broad SMARTS) is 1. The topological polar surface area (TPSA) is 67.8 Å². The quantitative estimate of drug-likeness (QED) is 0.676. The summed E-state index contributed by atoms with van der Waals surface area (Å²) in [6.07, 6.45) is 0.507. The molecule has 1 aromatic carbocycles. The Morgan fingerprint density at radius 3 is 2.79 bits per heavy atom. The van der Waals surface area contributed by atoms with Crippen LogP contribution in [-0.4, -0.2) is 12.5 Å². The van der Waals surface area contributed by atoms with E-state index in [1.165, 1.54) is 0 Å². The van der Waals surface area contributed by atoms with E-state index in [9.17, 15) is 9.90 Å². The third-order valence-corrected chi connectivity index (χ3v) is 2.25. The Morgan fingerprint density at radius 1 is 1.57 bits per heavy atom. The number of aryl methyl sites for hydroxylation is 1. The number of carbonyl (C=O) groups is 1. The second-order valence-corrected chi connectivity index (χ2v) is 3.50. The van der Waals surface area contributed by atoms with Gasteiger partial charge in [-0.25, -0.2) is 0 Å². The Bertz CT molecular complexity index is 323. The van der Waals surface area contributed by atoms with Gasteiger partial charge in [0.1, 0.15) is 0 Å². The van der Waals surface area contributed by atoms with Gasteiger partial charge in [0, 0.05) is 0 Å². The summed E-state index contributed by atoms with van der Waals surface area (Å²) in [5.74, 6) is -1.49. The van der Waals surface area contributed by atoms with Crippen LogP contribution in [-0.2, 0) is 11.2 Å². The predicted octanol–water partition coefficient (Wildman–Crippen LogP) is -0.854. The van der Waals surface area contributed by atoms with E-state index in [0.717, 1.165) is 11.1 Å². The van der Waals surface area contributed by atoms with E-state index in [2.05, 4.69) is 5.73 Å². The van der Waals surface area contributed by atoms with Gasteiger partial charge in [-0.15, -0.1) is 0 Å². The minimum Gasteiger partial charge on any atom is -0.550 e. The molecule has 3 heteroatoms. The number of benzene rings is 1. The summed E-state index contributed by atoms with van der Waals surface area (Å²) >= 11 is 0. The van der Waals surface area contributed by atoms with Gasteiger partial charge in [0.15, 0.2) is 0 Å². The van der Waals surface area contributed by atoms with E-state index in [4.69, 9.17) is 0 Å². The van der Waals surface area contributed by atoms with Crippen LogP contribution >= 0.6 is 0 Å². The van der Waals surface area contributed by atoms with Crippen LogP contribution in [0.3, 0.4) is 0 Å². The van der Waals surface area contributed by atoms with E-state index in [0.29, 0.717) is 13.0 Å². The highest BCUT2D eigenvalue weighted by Crippen LogP contribution is 2.09. The number of hydrogen-bond acceptors (Lipinski definition) is 2. The highest BCUT2D eigenvalue weighted by Gasteiger charge is 2.10. The van der Waals surface area contributed by atoms with Gasteiger partial charge in [0.25, 0.3) is 0 Å². The average Bonchev–Trinajstić information content (AvgIpc) is 2.14. The highest BCUT2D eigenvalue weighted by atomic mass is 16.4. The van der Waals surface area contributed by atoms with Crippen molar-refractivity contribution in [3.8, 4) is 0 Å². The molecule has 0 bridgehead atoms. The molecule has 0 unspecified atom stereocenters. The Labute approximate surface area is 83.6 Å². The van der Waals surface area contributed by atoms with Crippen molar-refractivity contribution in [2.45, 2.75) is 13.3 Å². The molecule has 0 saturated carbocycles. The molecular weight excluding hydrogens is 178 g/mol. The zero-order valence-corrected chi connectivity index (χ0v) is 8.32. The van der Waals surface area contributed by atoms with E-state index in [1.54, 1.807) is 0 Å². The minimum absolute atomic E-state index is 0.371. The zero-order valence-electron chi connectivity index (χ0n) is 8.32. The lowest BCUT2D eigenvalue weighted by Crippen LogP contribution is -2.57. The van der Waals surface area contributed by atoms with Crippen LogP contribution in [0.5, 0.6) is 0 Å². The van der Waals surface area contributed by atoms with Crippen molar-refractivity contribution < 1.29 is 15.6 Å². The molecule has 3 nitrogen and oxygen atoms in total. The van der Waals surface area contributed by atoms with Crippen molar-refractivity contribution in [3.63, 3.8) is 0 Å². The molecule has 0 heterocycles. The number of hydrogen-bond donors (Lipinski definition) is 1. The van der Waals surface area contributed by atoms with Crippen LogP contribution in [0.25, 0.3) is 0 Å². The van der Waals surface area contributed by atoms with E-state index in [-0.39, 0.29) is 0 Å². The maximum atomic E-state index is 10.7. The molecule has 0 spiro atoms. The fourth-order valence-electron chi connectivity index (χ4n) is 1.43. The van der Waals surface area contributed by atoms with Crippen LogP contribution in [0.4, 0.5) is 0 Å². The van der Waals surface area contributed by atoms with Crippen LogP contribution in [0.2, 0.25) is 0 Å². The largest absolute Gasteiger partial charge is 0.550 e. The summed E-state index contributed by atoms with van der Waals surface area (Å²) in [5, 5.41) is 10.7. The first-order valence-electron chi connectivity index (χ1n) is 4.69. The maximum Gasteiger partial charge on any atom is 0.0824 e. The molecule has 0 fully saturated rings. The lowest BCUT2D eigenvalue weighted by Gasteiger charge is -2.13. The molecule has 0 aliphatic rings. The van der Waals surface area contributed by atoms with Crippen molar-refractivity contribution in [2.75, 3.05) is 6.54 Å². The highest BCUT2D eigenvalue weighted by molar-refractivity contribution is 5.68. The summed E-state index contributed by atoms with van der Waals surface area (Å²) in [6, 6.07) is 7.84.